The first kappa shape index (κ1) is 15.7. The van der Waals surface area contributed by atoms with Crippen molar-refractivity contribution < 1.29 is 9.90 Å². The van der Waals surface area contributed by atoms with Crippen molar-refractivity contribution in [2.24, 2.45) is 11.1 Å². The number of benzene rings is 1. The largest absolute Gasteiger partial charge is 0.395 e. The maximum Gasteiger partial charge on any atom is 0.240 e. The summed E-state index contributed by atoms with van der Waals surface area (Å²) in [5.41, 5.74) is 6.75. The predicted octanol–water partition coefficient (Wildman–Crippen LogP) is 1.38. The monoisotopic (exact) mass is 264 g/mol. The zero-order chi connectivity index (χ0) is 14.5. The normalized spacial score (nSPS) is 13.1. The van der Waals surface area contributed by atoms with E-state index in [4.69, 9.17) is 10.8 Å². The van der Waals surface area contributed by atoms with E-state index in [-0.39, 0.29) is 17.9 Å². The number of hydrogen-bond donors (Lipinski definition) is 2. The summed E-state index contributed by atoms with van der Waals surface area (Å²) in [6.45, 7) is 6.54. The van der Waals surface area contributed by atoms with Gasteiger partial charge in [0, 0.05) is 13.1 Å². The van der Waals surface area contributed by atoms with Crippen LogP contribution in [0.3, 0.4) is 0 Å². The Bertz CT molecular complexity index is 398. The molecule has 0 fully saturated rings. The molecule has 0 spiro atoms. The van der Waals surface area contributed by atoms with Gasteiger partial charge in [-0.2, -0.15) is 0 Å². The van der Waals surface area contributed by atoms with E-state index in [2.05, 4.69) is 0 Å². The highest BCUT2D eigenvalue weighted by atomic mass is 16.3. The second kappa shape index (κ2) is 6.68. The average Bonchev–Trinajstić information content (AvgIpc) is 2.36. The van der Waals surface area contributed by atoms with Crippen molar-refractivity contribution in [3.63, 3.8) is 0 Å². The maximum atomic E-state index is 12.4. The van der Waals surface area contributed by atoms with Crippen LogP contribution in [0.1, 0.15) is 26.3 Å². The molecule has 4 heteroatoms. The first-order valence-electron chi connectivity index (χ1n) is 6.55. The van der Waals surface area contributed by atoms with Crippen molar-refractivity contribution in [3.05, 3.63) is 35.9 Å². The third-order valence-corrected chi connectivity index (χ3v) is 3.10. The molecule has 0 aromatic heterocycles. The van der Waals surface area contributed by atoms with Gasteiger partial charge in [0.2, 0.25) is 5.91 Å². The molecule has 1 aromatic carbocycles. The van der Waals surface area contributed by atoms with Gasteiger partial charge in [-0.15, -0.1) is 0 Å². The van der Waals surface area contributed by atoms with Crippen LogP contribution in [-0.4, -0.2) is 35.1 Å². The Morgan fingerprint density at radius 3 is 2.37 bits per heavy atom. The van der Waals surface area contributed by atoms with E-state index < -0.39 is 6.04 Å². The Morgan fingerprint density at radius 1 is 1.32 bits per heavy atom. The minimum Gasteiger partial charge on any atom is -0.395 e. The molecule has 0 radical (unpaired) electrons. The molecule has 0 bridgehead atoms. The molecule has 19 heavy (non-hydrogen) atoms. The van der Waals surface area contributed by atoms with Crippen LogP contribution < -0.4 is 5.73 Å². The van der Waals surface area contributed by atoms with E-state index >= 15 is 0 Å². The van der Waals surface area contributed by atoms with Gasteiger partial charge >= 0.3 is 0 Å². The third kappa shape index (κ3) is 4.65. The van der Waals surface area contributed by atoms with Crippen LogP contribution in [0.25, 0.3) is 0 Å². The van der Waals surface area contributed by atoms with Crippen LogP contribution in [0.5, 0.6) is 0 Å². The van der Waals surface area contributed by atoms with Gasteiger partial charge in [-0.3, -0.25) is 4.79 Å². The highest BCUT2D eigenvalue weighted by Gasteiger charge is 2.30. The standard InChI is InChI=1S/C15H24N2O2/c1-15(2,3)13(16)14(19)17(9-10-18)11-12-7-5-4-6-8-12/h4-8,13,18H,9-11,16H2,1-3H3. The summed E-state index contributed by atoms with van der Waals surface area (Å²) >= 11 is 0. The van der Waals surface area contributed by atoms with E-state index in [9.17, 15) is 4.79 Å². The van der Waals surface area contributed by atoms with Crippen LogP contribution >= 0.6 is 0 Å². The van der Waals surface area contributed by atoms with E-state index in [1.165, 1.54) is 0 Å². The second-order valence-corrected chi connectivity index (χ2v) is 5.81. The topological polar surface area (TPSA) is 66.6 Å². The Kier molecular flexibility index (Phi) is 5.51. The van der Waals surface area contributed by atoms with Crippen molar-refractivity contribution in [3.8, 4) is 0 Å². The van der Waals surface area contributed by atoms with Gasteiger partial charge in [-0.05, 0) is 11.0 Å². The summed E-state index contributed by atoms with van der Waals surface area (Å²) in [4.78, 5) is 14.0. The molecule has 0 saturated heterocycles. The Labute approximate surface area is 115 Å². The number of rotatable bonds is 5. The minimum absolute atomic E-state index is 0.0601. The van der Waals surface area contributed by atoms with Crippen molar-refractivity contribution in [2.45, 2.75) is 33.4 Å². The van der Waals surface area contributed by atoms with Gasteiger partial charge in [-0.25, -0.2) is 0 Å². The molecular weight excluding hydrogens is 240 g/mol. The smallest absolute Gasteiger partial charge is 0.240 e. The highest BCUT2D eigenvalue weighted by molar-refractivity contribution is 5.82. The molecule has 4 nitrogen and oxygen atoms in total. The molecule has 1 unspecified atom stereocenters. The lowest BCUT2D eigenvalue weighted by Crippen LogP contribution is -2.50. The fourth-order valence-electron chi connectivity index (χ4n) is 1.76. The predicted molar refractivity (Wildman–Crippen MR) is 76.4 cm³/mol. The zero-order valence-electron chi connectivity index (χ0n) is 12.0. The van der Waals surface area contributed by atoms with Crippen LogP contribution in [0, 0.1) is 5.41 Å². The minimum atomic E-state index is -0.567. The quantitative estimate of drug-likeness (QED) is 0.844. The molecule has 106 valence electrons. The molecule has 0 saturated carbocycles. The Hall–Kier alpha value is -1.39. The summed E-state index contributed by atoms with van der Waals surface area (Å²) in [6, 6.07) is 9.15. The fraction of sp³-hybridized carbons (Fsp3) is 0.533. The zero-order valence-corrected chi connectivity index (χ0v) is 12.0. The van der Waals surface area contributed by atoms with E-state index in [0.29, 0.717) is 13.1 Å². The van der Waals surface area contributed by atoms with Crippen molar-refractivity contribution in [2.75, 3.05) is 13.2 Å². The molecule has 1 rings (SSSR count). The summed E-state index contributed by atoms with van der Waals surface area (Å²) in [6.07, 6.45) is 0. The number of carbonyl (C=O) groups is 1. The Balaban J connectivity index is 2.80. The molecule has 0 heterocycles. The van der Waals surface area contributed by atoms with Gasteiger partial charge in [0.15, 0.2) is 0 Å². The highest BCUT2D eigenvalue weighted by Crippen LogP contribution is 2.19. The molecule has 0 aliphatic heterocycles. The third-order valence-electron chi connectivity index (χ3n) is 3.10. The SMILES string of the molecule is CC(C)(C)C(N)C(=O)N(CCO)Cc1ccccc1. The molecule has 1 atom stereocenters. The van der Waals surface area contributed by atoms with Crippen molar-refractivity contribution in [1.29, 1.82) is 0 Å². The van der Waals surface area contributed by atoms with Gasteiger partial charge in [-0.1, -0.05) is 51.1 Å². The number of aliphatic hydroxyl groups is 1. The lowest BCUT2D eigenvalue weighted by atomic mass is 9.86. The summed E-state index contributed by atoms with van der Waals surface area (Å²) in [7, 11) is 0. The van der Waals surface area contributed by atoms with Crippen molar-refractivity contribution in [1.82, 2.24) is 4.90 Å². The summed E-state index contributed by atoms with van der Waals surface area (Å²) in [5.74, 6) is -0.120. The van der Waals surface area contributed by atoms with E-state index in [0.717, 1.165) is 5.56 Å². The van der Waals surface area contributed by atoms with E-state index in [1.807, 2.05) is 51.1 Å². The van der Waals surface area contributed by atoms with Gasteiger partial charge in [0.05, 0.1) is 12.6 Å². The lowest BCUT2D eigenvalue weighted by Gasteiger charge is -2.31. The second-order valence-electron chi connectivity index (χ2n) is 5.81. The maximum absolute atomic E-state index is 12.4. The number of amides is 1. The summed E-state index contributed by atoms with van der Waals surface area (Å²) in [5, 5.41) is 9.11. The van der Waals surface area contributed by atoms with Gasteiger partial charge < -0.3 is 15.7 Å². The average molecular weight is 264 g/mol. The number of nitrogens with zero attached hydrogens (tertiary/aromatic N) is 1. The van der Waals surface area contributed by atoms with Crippen molar-refractivity contribution >= 4 is 5.91 Å². The lowest BCUT2D eigenvalue weighted by molar-refractivity contribution is -0.136. The van der Waals surface area contributed by atoms with Crippen LogP contribution in [0.2, 0.25) is 0 Å². The fourth-order valence-corrected chi connectivity index (χ4v) is 1.76. The first-order chi connectivity index (χ1) is 8.86. The van der Waals surface area contributed by atoms with Gasteiger partial charge in [0.1, 0.15) is 0 Å². The molecule has 3 N–H and O–H groups in total. The number of hydrogen-bond acceptors (Lipinski definition) is 3. The molecule has 1 amide bonds. The van der Waals surface area contributed by atoms with Crippen LogP contribution in [0.4, 0.5) is 0 Å². The molecule has 0 aliphatic carbocycles. The molecule has 0 aliphatic rings. The van der Waals surface area contributed by atoms with Crippen LogP contribution in [-0.2, 0) is 11.3 Å². The number of nitrogens with two attached hydrogens (primary N) is 1. The molecule has 1 aromatic rings. The first-order valence-corrected chi connectivity index (χ1v) is 6.55. The van der Waals surface area contributed by atoms with Crippen LogP contribution in [0.15, 0.2) is 30.3 Å². The summed E-state index contributed by atoms with van der Waals surface area (Å²) < 4.78 is 0. The number of carbonyl (C=O) groups excluding carboxylic acids is 1. The number of aliphatic hydroxyl groups excluding tert-OH is 1. The Morgan fingerprint density at radius 2 is 1.89 bits per heavy atom. The van der Waals surface area contributed by atoms with Gasteiger partial charge in [0.25, 0.3) is 0 Å². The van der Waals surface area contributed by atoms with E-state index in [1.54, 1.807) is 4.90 Å². The molecular formula is C15H24N2O2.